The number of carbonyl (C=O) groups is 1. The summed E-state index contributed by atoms with van der Waals surface area (Å²) in [6, 6.07) is 7.44. The second-order valence-corrected chi connectivity index (χ2v) is 6.70. The van der Waals surface area contributed by atoms with Gasteiger partial charge in [-0.2, -0.15) is 0 Å². The molecule has 1 atom stereocenters. The largest absolute Gasteiger partial charge is 0.336 e. The topological polar surface area (TPSA) is 76.8 Å². The highest BCUT2D eigenvalue weighted by Gasteiger charge is 2.35. The Bertz CT molecular complexity index is 906. The maximum Gasteiger partial charge on any atom is 0.319 e. The molecule has 1 saturated carbocycles. The summed E-state index contributed by atoms with van der Waals surface area (Å²) in [6.07, 6.45) is 9.60. The van der Waals surface area contributed by atoms with E-state index in [0.717, 1.165) is 35.9 Å². The average molecular weight is 350 g/mol. The van der Waals surface area contributed by atoms with Crippen LogP contribution >= 0.6 is 0 Å². The first-order valence-corrected chi connectivity index (χ1v) is 8.77. The van der Waals surface area contributed by atoms with E-state index in [1.54, 1.807) is 12.4 Å². The molecule has 7 heteroatoms. The molecular weight excluding hydrogens is 328 g/mol. The number of benzene rings is 1. The van der Waals surface area contributed by atoms with Gasteiger partial charge in [-0.05, 0) is 49.9 Å². The Hall–Kier alpha value is -3.09. The Labute approximate surface area is 152 Å². The fourth-order valence-electron chi connectivity index (χ4n) is 3.16. The van der Waals surface area contributed by atoms with Crippen molar-refractivity contribution in [3.8, 4) is 5.69 Å². The Kier molecular flexibility index (Phi) is 4.20. The van der Waals surface area contributed by atoms with E-state index in [-0.39, 0.29) is 12.1 Å². The van der Waals surface area contributed by atoms with Crippen molar-refractivity contribution in [2.24, 2.45) is 13.0 Å². The van der Waals surface area contributed by atoms with Crippen molar-refractivity contribution in [2.75, 3.05) is 5.32 Å². The molecular formula is C19H22N6O. The van der Waals surface area contributed by atoms with Gasteiger partial charge >= 0.3 is 6.03 Å². The van der Waals surface area contributed by atoms with E-state index in [4.69, 9.17) is 0 Å². The number of nitrogens with one attached hydrogen (secondary N) is 2. The van der Waals surface area contributed by atoms with Crippen LogP contribution in [0.1, 0.15) is 30.5 Å². The lowest BCUT2D eigenvalue weighted by atomic mass is 10.1. The average Bonchev–Trinajstić information content (AvgIpc) is 3.25. The molecule has 4 rings (SSSR count). The van der Waals surface area contributed by atoms with Crippen LogP contribution in [0.5, 0.6) is 0 Å². The molecule has 0 unspecified atom stereocenters. The summed E-state index contributed by atoms with van der Waals surface area (Å²) in [5, 5.41) is 5.98. The van der Waals surface area contributed by atoms with E-state index >= 15 is 0 Å². The van der Waals surface area contributed by atoms with Gasteiger partial charge in [-0.25, -0.2) is 14.8 Å². The summed E-state index contributed by atoms with van der Waals surface area (Å²) in [5.41, 5.74) is 1.76. The van der Waals surface area contributed by atoms with Crippen LogP contribution in [0.2, 0.25) is 0 Å². The van der Waals surface area contributed by atoms with Gasteiger partial charge in [0.1, 0.15) is 11.6 Å². The molecule has 0 radical (unpaired) electrons. The normalized spacial score (nSPS) is 14.8. The fraction of sp³-hybridized carbons (Fsp3) is 0.316. The summed E-state index contributed by atoms with van der Waals surface area (Å²) < 4.78 is 3.96. The molecule has 26 heavy (non-hydrogen) atoms. The summed E-state index contributed by atoms with van der Waals surface area (Å²) in [6.45, 7) is 1.95. The van der Waals surface area contributed by atoms with Crippen molar-refractivity contribution in [3.63, 3.8) is 0 Å². The van der Waals surface area contributed by atoms with Crippen molar-refractivity contribution in [1.29, 1.82) is 0 Å². The van der Waals surface area contributed by atoms with E-state index in [1.165, 1.54) is 0 Å². The zero-order valence-corrected chi connectivity index (χ0v) is 14.9. The molecule has 1 aliphatic rings. The molecule has 134 valence electrons. The third-order valence-corrected chi connectivity index (χ3v) is 4.75. The third-order valence-electron chi connectivity index (χ3n) is 4.75. The lowest BCUT2D eigenvalue weighted by molar-refractivity contribution is 0.246. The SMILES string of the molecule is Cc1nccn1-c1ccc(NC(=O)N[C@@H](c2nccn2C)C2CC2)cc1. The first-order valence-electron chi connectivity index (χ1n) is 8.77. The predicted octanol–water partition coefficient (Wildman–Crippen LogP) is 3.19. The molecule has 0 spiro atoms. The van der Waals surface area contributed by atoms with Crippen molar-refractivity contribution >= 4 is 11.7 Å². The highest BCUT2D eigenvalue weighted by atomic mass is 16.2. The van der Waals surface area contributed by atoms with Gasteiger partial charge in [0.2, 0.25) is 0 Å². The molecule has 2 heterocycles. The summed E-state index contributed by atoms with van der Waals surface area (Å²) in [4.78, 5) is 21.1. The standard InChI is InChI=1S/C19H22N6O/c1-13-20-10-12-25(13)16-7-5-15(6-8-16)22-19(26)23-17(14-3-4-14)18-21-9-11-24(18)2/h5-12,14,17H,3-4H2,1-2H3,(H2,22,23,26)/t17-/m1/s1. The van der Waals surface area contributed by atoms with Gasteiger partial charge in [-0.3, -0.25) is 0 Å². The van der Waals surface area contributed by atoms with Crippen LogP contribution in [-0.2, 0) is 7.05 Å². The van der Waals surface area contributed by atoms with E-state index in [2.05, 4.69) is 20.6 Å². The molecule has 2 amide bonds. The predicted molar refractivity (Wildman–Crippen MR) is 99.1 cm³/mol. The van der Waals surface area contributed by atoms with Crippen molar-refractivity contribution in [2.45, 2.75) is 25.8 Å². The van der Waals surface area contributed by atoms with E-state index < -0.39 is 0 Å². The minimum atomic E-state index is -0.212. The number of hydrogen-bond acceptors (Lipinski definition) is 3. The van der Waals surface area contributed by atoms with Gasteiger partial charge < -0.3 is 19.8 Å². The Balaban J connectivity index is 1.43. The van der Waals surface area contributed by atoms with E-state index in [0.29, 0.717) is 5.92 Å². The molecule has 0 bridgehead atoms. The second-order valence-electron chi connectivity index (χ2n) is 6.70. The number of imidazole rings is 2. The minimum absolute atomic E-state index is 0.0529. The lowest BCUT2D eigenvalue weighted by Crippen LogP contribution is -2.35. The Morgan fingerprint density at radius 2 is 1.88 bits per heavy atom. The first kappa shape index (κ1) is 16.4. The second kappa shape index (κ2) is 6.67. The highest BCUT2D eigenvalue weighted by Crippen LogP contribution is 2.40. The van der Waals surface area contributed by atoms with Gasteiger partial charge in [0.15, 0.2) is 0 Å². The van der Waals surface area contributed by atoms with Gasteiger partial charge in [-0.15, -0.1) is 0 Å². The number of anilines is 1. The molecule has 2 aromatic heterocycles. The van der Waals surface area contributed by atoms with Crippen LogP contribution in [0, 0.1) is 12.8 Å². The zero-order chi connectivity index (χ0) is 18.1. The minimum Gasteiger partial charge on any atom is -0.336 e. The van der Waals surface area contributed by atoms with Crippen LogP contribution in [0.4, 0.5) is 10.5 Å². The first-order chi connectivity index (χ1) is 12.6. The molecule has 7 nitrogen and oxygen atoms in total. The maximum atomic E-state index is 12.5. The quantitative estimate of drug-likeness (QED) is 0.742. The van der Waals surface area contributed by atoms with Crippen molar-refractivity contribution < 1.29 is 4.79 Å². The number of aryl methyl sites for hydroxylation is 2. The Morgan fingerprint density at radius 3 is 2.46 bits per heavy atom. The van der Waals surface area contributed by atoms with E-state index in [9.17, 15) is 4.79 Å². The number of carbonyl (C=O) groups excluding carboxylic acids is 1. The number of hydrogen-bond donors (Lipinski definition) is 2. The Morgan fingerprint density at radius 1 is 1.15 bits per heavy atom. The molecule has 0 saturated heterocycles. The van der Waals surface area contributed by atoms with Crippen LogP contribution in [-0.4, -0.2) is 25.1 Å². The molecule has 1 aromatic carbocycles. The third kappa shape index (κ3) is 3.33. The van der Waals surface area contributed by atoms with Crippen LogP contribution in [0.15, 0.2) is 49.1 Å². The summed E-state index contributed by atoms with van der Waals surface area (Å²) >= 11 is 0. The zero-order valence-electron chi connectivity index (χ0n) is 14.9. The smallest absolute Gasteiger partial charge is 0.319 e. The van der Waals surface area contributed by atoms with Crippen LogP contribution < -0.4 is 10.6 Å². The number of nitrogens with zero attached hydrogens (tertiary/aromatic N) is 4. The summed E-state index contributed by atoms with van der Waals surface area (Å²) in [5.74, 6) is 2.29. The van der Waals surface area contributed by atoms with Gasteiger partial charge in [0.25, 0.3) is 0 Å². The fourth-order valence-corrected chi connectivity index (χ4v) is 3.16. The molecule has 1 aliphatic carbocycles. The molecule has 0 aliphatic heterocycles. The van der Waals surface area contributed by atoms with Crippen LogP contribution in [0.3, 0.4) is 0 Å². The van der Waals surface area contributed by atoms with Crippen molar-refractivity contribution in [3.05, 3.63) is 60.7 Å². The monoisotopic (exact) mass is 350 g/mol. The number of rotatable bonds is 5. The number of aromatic nitrogens is 4. The molecule has 2 N–H and O–H groups in total. The highest BCUT2D eigenvalue weighted by molar-refractivity contribution is 5.89. The van der Waals surface area contributed by atoms with Crippen molar-refractivity contribution in [1.82, 2.24) is 24.4 Å². The number of urea groups is 1. The lowest BCUT2D eigenvalue weighted by Gasteiger charge is -2.18. The molecule has 3 aromatic rings. The van der Waals surface area contributed by atoms with Gasteiger partial charge in [0.05, 0.1) is 6.04 Å². The number of amides is 2. The summed E-state index contributed by atoms with van der Waals surface area (Å²) in [7, 11) is 1.95. The van der Waals surface area contributed by atoms with Gasteiger partial charge in [0, 0.05) is 43.2 Å². The van der Waals surface area contributed by atoms with Crippen LogP contribution in [0.25, 0.3) is 5.69 Å². The molecule has 1 fully saturated rings. The van der Waals surface area contributed by atoms with Gasteiger partial charge in [-0.1, -0.05) is 0 Å². The maximum absolute atomic E-state index is 12.5. The van der Waals surface area contributed by atoms with E-state index in [1.807, 2.05) is 59.8 Å².